The molecular weight excluding hydrogens is 322 g/mol. The Hall–Kier alpha value is -1.65. The third-order valence-electron chi connectivity index (χ3n) is 4.01. The van der Waals surface area contributed by atoms with Gasteiger partial charge in [0.2, 0.25) is 0 Å². The highest BCUT2D eigenvalue weighted by molar-refractivity contribution is 6.30. The molecule has 0 aliphatic rings. The van der Waals surface area contributed by atoms with Gasteiger partial charge < -0.3 is 10.2 Å². The number of benzene rings is 1. The number of amides is 1. The summed E-state index contributed by atoms with van der Waals surface area (Å²) in [4.78, 5) is 17.7. The van der Waals surface area contributed by atoms with Crippen molar-refractivity contribution in [1.82, 2.24) is 10.3 Å². The summed E-state index contributed by atoms with van der Waals surface area (Å²) in [5, 5.41) is 4.59. The third-order valence-corrected chi connectivity index (χ3v) is 4.33. The Kier molecular flexibility index (Phi) is 5.51. The first-order valence-electron chi connectivity index (χ1n) is 8.24. The highest BCUT2D eigenvalue weighted by atomic mass is 35.5. The number of rotatable bonds is 4. The van der Waals surface area contributed by atoms with Gasteiger partial charge in [-0.1, -0.05) is 23.7 Å². The molecule has 24 heavy (non-hydrogen) atoms. The zero-order chi connectivity index (χ0) is 18.1. The highest BCUT2D eigenvalue weighted by Gasteiger charge is 2.18. The van der Waals surface area contributed by atoms with Crippen LogP contribution in [-0.4, -0.2) is 30.0 Å². The summed E-state index contributed by atoms with van der Waals surface area (Å²) in [5.41, 5.74) is 4.07. The first kappa shape index (κ1) is 18.7. The second-order valence-electron chi connectivity index (χ2n) is 7.63. The van der Waals surface area contributed by atoms with Crippen LogP contribution in [0.2, 0.25) is 5.15 Å². The lowest BCUT2D eigenvalue weighted by Crippen LogP contribution is -3.09. The topological polar surface area (TPSA) is 46.4 Å². The lowest BCUT2D eigenvalue weighted by atomic mass is 10.0. The predicted octanol–water partition coefficient (Wildman–Crippen LogP) is 2.43. The van der Waals surface area contributed by atoms with Crippen molar-refractivity contribution in [2.75, 3.05) is 13.6 Å². The summed E-state index contributed by atoms with van der Waals surface area (Å²) >= 11 is 6.39. The number of carbonyl (C=O) groups excluding carboxylic acids is 1. The van der Waals surface area contributed by atoms with E-state index in [2.05, 4.69) is 42.3 Å². The van der Waals surface area contributed by atoms with Crippen LogP contribution < -0.4 is 10.2 Å². The Bertz CT molecular complexity index is 765. The monoisotopic (exact) mass is 348 g/mol. The fraction of sp³-hybridized carbons (Fsp3) is 0.474. The Morgan fingerprint density at radius 2 is 1.96 bits per heavy atom. The molecule has 1 aromatic carbocycles. The Morgan fingerprint density at radius 1 is 1.29 bits per heavy atom. The van der Waals surface area contributed by atoms with Crippen LogP contribution >= 0.6 is 11.6 Å². The Balaban J connectivity index is 2.16. The van der Waals surface area contributed by atoms with Crippen molar-refractivity contribution in [2.45, 2.75) is 46.7 Å². The van der Waals surface area contributed by atoms with Crippen LogP contribution in [0.25, 0.3) is 10.9 Å². The molecule has 0 bridgehead atoms. The minimum atomic E-state index is -0.213. The molecule has 0 aliphatic carbocycles. The summed E-state index contributed by atoms with van der Waals surface area (Å²) in [5.74, 6) is 0.0383. The predicted molar refractivity (Wildman–Crippen MR) is 99.6 cm³/mol. The maximum atomic E-state index is 12.1. The van der Waals surface area contributed by atoms with Gasteiger partial charge in [-0.25, -0.2) is 4.98 Å². The number of pyridine rings is 1. The van der Waals surface area contributed by atoms with Crippen molar-refractivity contribution in [3.05, 3.63) is 40.0 Å². The maximum absolute atomic E-state index is 12.1. The second kappa shape index (κ2) is 7.08. The van der Waals surface area contributed by atoms with Gasteiger partial charge in [0.15, 0.2) is 6.54 Å². The highest BCUT2D eigenvalue weighted by Crippen LogP contribution is 2.24. The molecule has 0 spiro atoms. The summed E-state index contributed by atoms with van der Waals surface area (Å²) in [6, 6.07) is 6.26. The molecule has 1 unspecified atom stereocenters. The molecule has 1 heterocycles. The van der Waals surface area contributed by atoms with E-state index in [1.807, 2.05) is 27.8 Å². The van der Waals surface area contributed by atoms with E-state index in [1.165, 1.54) is 5.56 Å². The fourth-order valence-corrected chi connectivity index (χ4v) is 2.96. The standard InChI is InChI=1S/C19H26ClN3O/c1-12-7-8-14-9-15(18(20)21-17(14)13(12)2)10-23(6)11-16(24)22-19(3,4)5/h7-9H,10-11H2,1-6H3,(H,22,24)/p+1. The van der Waals surface area contributed by atoms with Crippen molar-refractivity contribution >= 4 is 28.4 Å². The number of halogens is 1. The molecular formula is C19H27ClN3O+. The van der Waals surface area contributed by atoms with E-state index in [0.717, 1.165) is 26.9 Å². The number of fused-ring (bicyclic) bond motifs is 1. The van der Waals surface area contributed by atoms with Gasteiger partial charge in [0.05, 0.1) is 12.6 Å². The van der Waals surface area contributed by atoms with Crippen LogP contribution in [0.5, 0.6) is 0 Å². The van der Waals surface area contributed by atoms with Crippen LogP contribution in [0, 0.1) is 13.8 Å². The molecule has 0 saturated heterocycles. The molecule has 4 nitrogen and oxygen atoms in total. The summed E-state index contributed by atoms with van der Waals surface area (Å²) in [7, 11) is 1.99. The van der Waals surface area contributed by atoms with Gasteiger partial charge >= 0.3 is 0 Å². The molecule has 2 N–H and O–H groups in total. The molecule has 130 valence electrons. The average molecular weight is 349 g/mol. The second-order valence-corrected chi connectivity index (χ2v) is 7.98. The van der Waals surface area contributed by atoms with Gasteiger partial charge in [-0.3, -0.25) is 4.79 Å². The van der Waals surface area contributed by atoms with E-state index in [1.54, 1.807) is 0 Å². The largest absolute Gasteiger partial charge is 0.347 e. The van der Waals surface area contributed by atoms with Crippen LogP contribution in [0.1, 0.15) is 37.5 Å². The number of likely N-dealkylation sites (N-methyl/N-ethyl adjacent to an activating group) is 1. The number of aryl methyl sites for hydroxylation is 2. The average Bonchev–Trinajstić information content (AvgIpc) is 2.42. The van der Waals surface area contributed by atoms with Gasteiger partial charge in [-0.05, 0) is 51.8 Å². The molecule has 5 heteroatoms. The molecule has 1 amide bonds. The molecule has 2 rings (SSSR count). The van der Waals surface area contributed by atoms with Gasteiger partial charge in [-0.2, -0.15) is 0 Å². The fourth-order valence-electron chi connectivity index (χ4n) is 2.75. The number of nitrogens with zero attached hydrogens (tertiary/aromatic N) is 1. The minimum absolute atomic E-state index is 0.0383. The number of carbonyl (C=O) groups is 1. The van der Waals surface area contributed by atoms with Crippen molar-refractivity contribution in [2.24, 2.45) is 0 Å². The van der Waals surface area contributed by atoms with Crippen molar-refractivity contribution < 1.29 is 9.69 Å². The van der Waals surface area contributed by atoms with Crippen molar-refractivity contribution in [3.8, 4) is 0 Å². The summed E-state index contributed by atoms with van der Waals surface area (Å²) in [6.45, 7) is 11.1. The van der Waals surface area contributed by atoms with E-state index in [0.29, 0.717) is 18.2 Å². The van der Waals surface area contributed by atoms with Gasteiger partial charge in [0.1, 0.15) is 11.7 Å². The van der Waals surface area contributed by atoms with E-state index in [4.69, 9.17) is 11.6 Å². The molecule has 0 fully saturated rings. The van der Waals surface area contributed by atoms with Crippen molar-refractivity contribution in [3.63, 3.8) is 0 Å². The smallest absolute Gasteiger partial charge is 0.275 e. The van der Waals surface area contributed by atoms with Gasteiger partial charge in [0, 0.05) is 16.5 Å². The Labute approximate surface area is 149 Å². The first-order valence-corrected chi connectivity index (χ1v) is 8.62. The quantitative estimate of drug-likeness (QED) is 0.834. The van der Waals surface area contributed by atoms with E-state index < -0.39 is 0 Å². The Morgan fingerprint density at radius 3 is 2.58 bits per heavy atom. The number of hydrogen-bond donors (Lipinski definition) is 2. The van der Waals surface area contributed by atoms with Gasteiger partial charge in [0.25, 0.3) is 5.91 Å². The number of quaternary nitrogens is 1. The van der Waals surface area contributed by atoms with Gasteiger partial charge in [-0.15, -0.1) is 0 Å². The molecule has 1 aromatic heterocycles. The van der Waals surface area contributed by atoms with E-state index in [-0.39, 0.29) is 11.4 Å². The van der Waals surface area contributed by atoms with Crippen LogP contribution in [0.4, 0.5) is 0 Å². The normalized spacial score (nSPS) is 13.1. The van der Waals surface area contributed by atoms with Crippen LogP contribution in [0.3, 0.4) is 0 Å². The van der Waals surface area contributed by atoms with Crippen molar-refractivity contribution in [1.29, 1.82) is 0 Å². The summed E-state index contributed by atoms with van der Waals surface area (Å²) in [6.07, 6.45) is 0. The third kappa shape index (κ3) is 4.68. The molecule has 0 aliphatic heterocycles. The van der Waals surface area contributed by atoms with Crippen LogP contribution in [-0.2, 0) is 11.3 Å². The molecule has 2 aromatic rings. The first-order chi connectivity index (χ1) is 11.1. The lowest BCUT2D eigenvalue weighted by Gasteiger charge is -2.22. The van der Waals surface area contributed by atoms with E-state index in [9.17, 15) is 4.79 Å². The number of hydrogen-bond acceptors (Lipinski definition) is 2. The molecule has 1 atom stereocenters. The number of aromatic nitrogens is 1. The minimum Gasteiger partial charge on any atom is -0.347 e. The lowest BCUT2D eigenvalue weighted by molar-refractivity contribution is -0.885. The number of nitrogens with one attached hydrogen (secondary N) is 2. The molecule has 0 radical (unpaired) electrons. The molecule has 0 saturated carbocycles. The zero-order valence-electron chi connectivity index (χ0n) is 15.4. The van der Waals surface area contributed by atoms with Crippen LogP contribution in [0.15, 0.2) is 18.2 Å². The SMILES string of the molecule is Cc1ccc2cc(C[NH+](C)CC(=O)NC(C)(C)C)c(Cl)nc2c1C. The maximum Gasteiger partial charge on any atom is 0.275 e. The summed E-state index contributed by atoms with van der Waals surface area (Å²) < 4.78 is 0. The zero-order valence-corrected chi connectivity index (χ0v) is 16.1. The van der Waals surface area contributed by atoms with E-state index >= 15 is 0 Å².